The standard InChI is InChI=1S/C18H20N4O6/c1-4-12(2)28-17-8-5-13(9-18(17)27-3)11-19-20-15-7-6-14(21(23)24)10-16(15)22(25)26/h5-12,20H,4H2,1-3H3. The predicted octanol–water partition coefficient (Wildman–Crippen LogP) is 4.13. The van der Waals surface area contributed by atoms with Gasteiger partial charge in [-0.15, -0.1) is 0 Å². The maximum absolute atomic E-state index is 11.1. The molecule has 2 aromatic rings. The smallest absolute Gasteiger partial charge is 0.301 e. The van der Waals surface area contributed by atoms with Crippen LogP contribution in [0.4, 0.5) is 17.1 Å². The minimum absolute atomic E-state index is 0.0375. The average molecular weight is 388 g/mol. The summed E-state index contributed by atoms with van der Waals surface area (Å²) in [4.78, 5) is 20.5. The minimum atomic E-state index is -0.713. The molecule has 0 aromatic heterocycles. The van der Waals surface area contributed by atoms with Gasteiger partial charge in [-0.1, -0.05) is 6.92 Å². The van der Waals surface area contributed by atoms with Crippen LogP contribution in [0.1, 0.15) is 25.8 Å². The molecule has 0 saturated heterocycles. The van der Waals surface area contributed by atoms with Gasteiger partial charge in [-0.05, 0) is 43.2 Å². The molecule has 0 bridgehead atoms. The highest BCUT2D eigenvalue weighted by Gasteiger charge is 2.19. The van der Waals surface area contributed by atoms with Gasteiger partial charge < -0.3 is 9.47 Å². The Morgan fingerprint density at radius 2 is 1.89 bits per heavy atom. The van der Waals surface area contributed by atoms with Gasteiger partial charge in [0.05, 0.1) is 35.3 Å². The van der Waals surface area contributed by atoms with Crippen LogP contribution in [0.25, 0.3) is 0 Å². The molecular weight excluding hydrogens is 368 g/mol. The van der Waals surface area contributed by atoms with Crippen molar-refractivity contribution in [3.05, 3.63) is 62.2 Å². The number of hydrogen-bond donors (Lipinski definition) is 1. The van der Waals surface area contributed by atoms with Gasteiger partial charge in [0.1, 0.15) is 5.69 Å². The maximum Gasteiger partial charge on any atom is 0.301 e. The number of benzene rings is 2. The largest absolute Gasteiger partial charge is 0.493 e. The second kappa shape index (κ2) is 9.31. The van der Waals surface area contributed by atoms with E-state index in [0.717, 1.165) is 18.6 Å². The highest BCUT2D eigenvalue weighted by atomic mass is 16.6. The third kappa shape index (κ3) is 5.16. The van der Waals surface area contributed by atoms with Crippen LogP contribution in [-0.2, 0) is 0 Å². The Balaban J connectivity index is 2.18. The molecule has 2 aromatic carbocycles. The minimum Gasteiger partial charge on any atom is -0.493 e. The topological polar surface area (TPSA) is 129 Å². The van der Waals surface area contributed by atoms with Crippen LogP contribution in [0.3, 0.4) is 0 Å². The molecule has 0 saturated carbocycles. The molecule has 1 atom stereocenters. The molecule has 148 valence electrons. The summed E-state index contributed by atoms with van der Waals surface area (Å²) in [6.45, 7) is 3.97. The first kappa shape index (κ1) is 20.6. The van der Waals surface area contributed by atoms with E-state index in [4.69, 9.17) is 9.47 Å². The first-order valence-corrected chi connectivity index (χ1v) is 8.42. The second-order valence-electron chi connectivity index (χ2n) is 5.83. The van der Waals surface area contributed by atoms with Crippen LogP contribution >= 0.6 is 0 Å². The fourth-order valence-electron chi connectivity index (χ4n) is 2.22. The van der Waals surface area contributed by atoms with E-state index in [-0.39, 0.29) is 17.5 Å². The molecule has 0 aliphatic heterocycles. The van der Waals surface area contributed by atoms with E-state index < -0.39 is 15.5 Å². The molecule has 0 spiro atoms. The number of nitro groups is 2. The van der Waals surface area contributed by atoms with E-state index in [2.05, 4.69) is 10.5 Å². The molecule has 10 heteroatoms. The van der Waals surface area contributed by atoms with Crippen molar-refractivity contribution in [2.45, 2.75) is 26.4 Å². The molecular formula is C18H20N4O6. The number of rotatable bonds is 9. The van der Waals surface area contributed by atoms with Gasteiger partial charge in [0, 0.05) is 6.07 Å². The number of nitrogens with one attached hydrogen (secondary N) is 1. The summed E-state index contributed by atoms with van der Waals surface area (Å²) in [7, 11) is 1.53. The zero-order chi connectivity index (χ0) is 20.7. The molecule has 0 aliphatic rings. The van der Waals surface area contributed by atoms with Crippen molar-refractivity contribution >= 4 is 23.3 Å². The number of hydrogen-bond acceptors (Lipinski definition) is 8. The third-order valence-corrected chi connectivity index (χ3v) is 3.88. The number of anilines is 1. The van der Waals surface area contributed by atoms with Gasteiger partial charge in [-0.25, -0.2) is 0 Å². The van der Waals surface area contributed by atoms with Gasteiger partial charge in [0.25, 0.3) is 5.69 Å². The summed E-state index contributed by atoms with van der Waals surface area (Å²) >= 11 is 0. The molecule has 10 nitrogen and oxygen atoms in total. The lowest BCUT2D eigenvalue weighted by atomic mass is 10.2. The number of hydrazone groups is 1. The quantitative estimate of drug-likeness (QED) is 0.388. The molecule has 28 heavy (non-hydrogen) atoms. The van der Waals surface area contributed by atoms with Crippen LogP contribution in [0.15, 0.2) is 41.5 Å². The summed E-state index contributed by atoms with van der Waals surface area (Å²) in [6.07, 6.45) is 2.34. The van der Waals surface area contributed by atoms with Crippen molar-refractivity contribution < 1.29 is 19.3 Å². The Bertz CT molecular complexity index is 900. The zero-order valence-electron chi connectivity index (χ0n) is 15.6. The number of ether oxygens (including phenoxy) is 2. The summed E-state index contributed by atoms with van der Waals surface area (Å²) in [5.74, 6) is 1.14. The van der Waals surface area contributed by atoms with E-state index in [0.29, 0.717) is 17.1 Å². The van der Waals surface area contributed by atoms with E-state index in [1.54, 1.807) is 18.2 Å². The molecule has 0 amide bonds. The van der Waals surface area contributed by atoms with Crippen molar-refractivity contribution in [2.24, 2.45) is 5.10 Å². The summed E-state index contributed by atoms with van der Waals surface area (Å²) in [5, 5.41) is 25.9. The lowest BCUT2D eigenvalue weighted by Gasteiger charge is -2.15. The van der Waals surface area contributed by atoms with Crippen LogP contribution in [0.2, 0.25) is 0 Å². The summed E-state index contributed by atoms with van der Waals surface area (Å²) < 4.78 is 11.1. The maximum atomic E-state index is 11.1. The number of nitrogens with zero attached hydrogens (tertiary/aromatic N) is 3. The number of non-ortho nitro benzene ring substituents is 1. The normalized spacial score (nSPS) is 11.8. The van der Waals surface area contributed by atoms with E-state index in [1.165, 1.54) is 19.4 Å². The van der Waals surface area contributed by atoms with Crippen LogP contribution in [0, 0.1) is 20.2 Å². The molecule has 0 radical (unpaired) electrons. The van der Waals surface area contributed by atoms with Gasteiger partial charge in [-0.3, -0.25) is 25.7 Å². The van der Waals surface area contributed by atoms with Gasteiger partial charge in [-0.2, -0.15) is 5.10 Å². The zero-order valence-corrected chi connectivity index (χ0v) is 15.6. The van der Waals surface area contributed by atoms with Crippen molar-refractivity contribution in [3.63, 3.8) is 0 Å². The van der Waals surface area contributed by atoms with E-state index >= 15 is 0 Å². The Morgan fingerprint density at radius 3 is 2.50 bits per heavy atom. The second-order valence-corrected chi connectivity index (χ2v) is 5.83. The predicted molar refractivity (Wildman–Crippen MR) is 104 cm³/mol. The van der Waals surface area contributed by atoms with Gasteiger partial charge >= 0.3 is 5.69 Å². The van der Waals surface area contributed by atoms with Crippen LogP contribution < -0.4 is 14.9 Å². The molecule has 2 rings (SSSR count). The van der Waals surface area contributed by atoms with E-state index in [1.807, 2.05) is 13.8 Å². The fraction of sp³-hybridized carbons (Fsp3) is 0.278. The molecule has 1 N–H and O–H groups in total. The third-order valence-electron chi connectivity index (χ3n) is 3.88. The van der Waals surface area contributed by atoms with Crippen molar-refractivity contribution in [1.82, 2.24) is 0 Å². The number of nitro benzene ring substituents is 2. The molecule has 0 heterocycles. The first-order chi connectivity index (χ1) is 13.3. The van der Waals surface area contributed by atoms with Gasteiger partial charge in [0.2, 0.25) is 0 Å². The number of methoxy groups -OCH3 is 1. The van der Waals surface area contributed by atoms with Crippen molar-refractivity contribution in [2.75, 3.05) is 12.5 Å². The first-order valence-electron chi connectivity index (χ1n) is 8.42. The fourth-order valence-corrected chi connectivity index (χ4v) is 2.22. The van der Waals surface area contributed by atoms with Gasteiger partial charge in [0.15, 0.2) is 11.5 Å². The Hall–Kier alpha value is -3.69. The van der Waals surface area contributed by atoms with Crippen LogP contribution in [0.5, 0.6) is 11.5 Å². The summed E-state index contributed by atoms with van der Waals surface area (Å²) in [5.41, 5.74) is 2.43. The van der Waals surface area contributed by atoms with E-state index in [9.17, 15) is 20.2 Å². The molecule has 0 fully saturated rings. The SMILES string of the molecule is CCC(C)Oc1ccc(C=NNc2ccc([N+](=O)[O-])cc2[N+](=O)[O-])cc1OC. The van der Waals surface area contributed by atoms with Crippen molar-refractivity contribution in [1.29, 1.82) is 0 Å². The monoisotopic (exact) mass is 388 g/mol. The average Bonchev–Trinajstić information content (AvgIpc) is 2.68. The lowest BCUT2D eigenvalue weighted by molar-refractivity contribution is -0.393. The Labute approximate surface area is 161 Å². The lowest BCUT2D eigenvalue weighted by Crippen LogP contribution is -2.10. The van der Waals surface area contributed by atoms with Crippen LogP contribution in [-0.4, -0.2) is 29.3 Å². The summed E-state index contributed by atoms with van der Waals surface area (Å²) in [6, 6.07) is 8.50. The highest BCUT2D eigenvalue weighted by Crippen LogP contribution is 2.30. The Kier molecular flexibility index (Phi) is 6.85. The van der Waals surface area contributed by atoms with Crippen molar-refractivity contribution in [3.8, 4) is 11.5 Å². The molecule has 1 unspecified atom stereocenters. The highest BCUT2D eigenvalue weighted by molar-refractivity contribution is 5.82. The Morgan fingerprint density at radius 1 is 1.14 bits per heavy atom. The molecule has 0 aliphatic carbocycles.